The normalized spacial score (nSPS) is 13.9. The van der Waals surface area contributed by atoms with Gasteiger partial charge in [0.1, 0.15) is 0 Å². The van der Waals surface area contributed by atoms with Crippen LogP contribution in [0, 0.1) is 0 Å². The van der Waals surface area contributed by atoms with Gasteiger partial charge in [0.25, 0.3) is 5.91 Å². The Labute approximate surface area is 154 Å². The van der Waals surface area contributed by atoms with Gasteiger partial charge in [-0.25, -0.2) is 13.2 Å². The molecule has 1 aliphatic rings. The van der Waals surface area contributed by atoms with Crippen LogP contribution < -0.4 is 4.31 Å². The van der Waals surface area contributed by atoms with Gasteiger partial charge in [0, 0.05) is 19.3 Å². The molecule has 0 fully saturated rings. The van der Waals surface area contributed by atoms with E-state index in [1.54, 1.807) is 17.0 Å². The first kappa shape index (κ1) is 20.0. The van der Waals surface area contributed by atoms with Gasteiger partial charge in [-0.15, -0.1) is 0 Å². The number of likely N-dealkylation sites (N-methyl/N-ethyl adjacent to an activating group) is 1. The van der Waals surface area contributed by atoms with Crippen LogP contribution in [0.15, 0.2) is 36.0 Å². The fourth-order valence-corrected chi connectivity index (χ4v) is 3.34. The predicted molar refractivity (Wildman–Crippen MR) is 99.3 cm³/mol. The number of hydrogen-bond donors (Lipinski definition) is 0. The Morgan fingerprint density at radius 2 is 1.92 bits per heavy atom. The van der Waals surface area contributed by atoms with Crippen LogP contribution in [-0.2, 0) is 19.6 Å². The molecular weight excluding hydrogens is 356 g/mol. The van der Waals surface area contributed by atoms with Gasteiger partial charge >= 0.3 is 5.97 Å². The monoisotopic (exact) mass is 380 g/mol. The number of amides is 1. The highest BCUT2D eigenvalue weighted by Gasteiger charge is 2.23. The van der Waals surface area contributed by atoms with E-state index in [2.05, 4.69) is 0 Å². The van der Waals surface area contributed by atoms with Crippen molar-refractivity contribution in [2.45, 2.75) is 26.2 Å². The minimum absolute atomic E-state index is 0.0938. The van der Waals surface area contributed by atoms with Crippen LogP contribution in [0.4, 0.5) is 5.69 Å². The van der Waals surface area contributed by atoms with E-state index in [1.165, 1.54) is 19.2 Å². The Hall–Kier alpha value is -2.35. The summed E-state index contributed by atoms with van der Waals surface area (Å²) >= 11 is 0. The zero-order valence-electron chi connectivity index (χ0n) is 15.3. The van der Waals surface area contributed by atoms with Gasteiger partial charge in [-0.2, -0.15) is 0 Å². The second-order valence-corrected chi connectivity index (χ2v) is 8.06. The number of carbonyl (C=O) groups is 2. The summed E-state index contributed by atoms with van der Waals surface area (Å²) in [5.74, 6) is -1.02. The summed E-state index contributed by atoms with van der Waals surface area (Å²) in [6.07, 6.45) is 5.89. The van der Waals surface area contributed by atoms with Crippen molar-refractivity contribution in [1.82, 2.24) is 4.90 Å². The molecule has 0 atom stereocenters. The number of para-hydroxylation sites is 1. The summed E-state index contributed by atoms with van der Waals surface area (Å²) in [7, 11) is -2.17. The van der Waals surface area contributed by atoms with E-state index in [-0.39, 0.29) is 23.8 Å². The number of allylic oxidation sites excluding steroid dienone is 2. The van der Waals surface area contributed by atoms with Crippen molar-refractivity contribution < 1.29 is 22.7 Å². The highest BCUT2D eigenvalue weighted by atomic mass is 32.2. The molecule has 0 spiro atoms. The lowest BCUT2D eigenvalue weighted by atomic mass is 10.2. The van der Waals surface area contributed by atoms with Gasteiger partial charge in [-0.05, 0) is 38.3 Å². The van der Waals surface area contributed by atoms with Crippen LogP contribution in [0.25, 0.3) is 0 Å². The van der Waals surface area contributed by atoms with Crippen LogP contribution in [0.2, 0.25) is 0 Å². The van der Waals surface area contributed by atoms with Crippen molar-refractivity contribution in [2.24, 2.45) is 0 Å². The van der Waals surface area contributed by atoms with Crippen molar-refractivity contribution in [2.75, 3.05) is 30.8 Å². The molecule has 7 nitrogen and oxygen atoms in total. The van der Waals surface area contributed by atoms with Crippen LogP contribution in [0.5, 0.6) is 0 Å². The highest BCUT2D eigenvalue weighted by molar-refractivity contribution is 7.92. The minimum atomic E-state index is -3.53. The maximum absolute atomic E-state index is 12.4. The molecule has 0 saturated heterocycles. The fourth-order valence-electron chi connectivity index (χ4n) is 2.82. The maximum Gasteiger partial charge on any atom is 0.340 e. The molecule has 0 aromatic heterocycles. The van der Waals surface area contributed by atoms with Gasteiger partial charge in [-0.1, -0.05) is 18.2 Å². The maximum atomic E-state index is 12.4. The number of rotatable bonds is 7. The van der Waals surface area contributed by atoms with E-state index < -0.39 is 16.0 Å². The fraction of sp³-hybridized carbons (Fsp3) is 0.444. The van der Waals surface area contributed by atoms with Crippen molar-refractivity contribution in [3.63, 3.8) is 0 Å². The third kappa shape index (κ3) is 4.63. The topological polar surface area (TPSA) is 84.0 Å². The molecule has 1 aromatic carbocycles. The molecule has 8 heteroatoms. The summed E-state index contributed by atoms with van der Waals surface area (Å²) in [6.45, 7) is 1.99. The molecule has 0 saturated carbocycles. The second kappa shape index (κ2) is 8.35. The van der Waals surface area contributed by atoms with E-state index >= 15 is 0 Å². The molecule has 2 rings (SSSR count). The molecule has 0 N–H and O–H groups in total. The standard InChI is InChI=1S/C18H24N2O5S/c1-4-20(14-9-5-6-10-14)17(21)13-25-18(22)15-11-7-8-12-16(15)19(2)26(3,23)24/h7-9,11-12H,4-6,10,13H2,1-3H3. The Kier molecular flexibility index (Phi) is 6.42. The Balaban J connectivity index is 2.10. The number of carbonyl (C=O) groups excluding carboxylic acids is 2. The molecule has 0 bridgehead atoms. The number of nitrogens with zero attached hydrogens (tertiary/aromatic N) is 2. The van der Waals surface area contributed by atoms with Crippen molar-refractivity contribution in [3.05, 3.63) is 41.6 Å². The van der Waals surface area contributed by atoms with E-state index in [0.29, 0.717) is 6.54 Å². The number of anilines is 1. The van der Waals surface area contributed by atoms with Crippen LogP contribution in [0.3, 0.4) is 0 Å². The first-order chi connectivity index (χ1) is 12.3. The first-order valence-electron chi connectivity index (χ1n) is 8.45. The molecule has 0 heterocycles. The third-order valence-electron chi connectivity index (χ3n) is 4.27. The van der Waals surface area contributed by atoms with Crippen LogP contribution in [0.1, 0.15) is 36.5 Å². The van der Waals surface area contributed by atoms with Gasteiger partial charge < -0.3 is 9.64 Å². The van der Waals surface area contributed by atoms with E-state index in [0.717, 1.165) is 35.5 Å². The SMILES string of the molecule is CCN(C(=O)COC(=O)c1ccccc1N(C)S(C)(=O)=O)C1=CCCC1. The number of hydrogen-bond acceptors (Lipinski definition) is 5. The Bertz CT molecular complexity index is 817. The smallest absolute Gasteiger partial charge is 0.340 e. The number of sulfonamides is 1. The molecule has 0 unspecified atom stereocenters. The summed E-state index contributed by atoms with van der Waals surface area (Å²) in [6, 6.07) is 6.23. The van der Waals surface area contributed by atoms with Crippen LogP contribution in [-0.4, -0.2) is 51.6 Å². The molecule has 0 radical (unpaired) electrons. The molecule has 142 valence electrons. The van der Waals surface area contributed by atoms with E-state index in [1.807, 2.05) is 13.0 Å². The molecule has 0 aliphatic heterocycles. The largest absolute Gasteiger partial charge is 0.452 e. The Morgan fingerprint density at radius 3 is 2.50 bits per heavy atom. The van der Waals surface area contributed by atoms with E-state index in [9.17, 15) is 18.0 Å². The highest BCUT2D eigenvalue weighted by Crippen LogP contribution is 2.23. The predicted octanol–water partition coefficient (Wildman–Crippen LogP) is 2.16. The zero-order valence-corrected chi connectivity index (χ0v) is 16.1. The minimum Gasteiger partial charge on any atom is -0.452 e. The summed E-state index contributed by atoms with van der Waals surface area (Å²) < 4.78 is 29.7. The lowest BCUT2D eigenvalue weighted by Crippen LogP contribution is -2.33. The van der Waals surface area contributed by atoms with Crippen molar-refractivity contribution >= 4 is 27.6 Å². The van der Waals surface area contributed by atoms with Gasteiger partial charge in [0.15, 0.2) is 6.61 Å². The Morgan fingerprint density at radius 1 is 1.23 bits per heavy atom. The molecule has 1 aromatic rings. The van der Waals surface area contributed by atoms with E-state index in [4.69, 9.17) is 4.74 Å². The first-order valence-corrected chi connectivity index (χ1v) is 10.3. The molecule has 1 amide bonds. The summed E-state index contributed by atoms with van der Waals surface area (Å²) in [4.78, 5) is 26.4. The molecule has 1 aliphatic carbocycles. The quantitative estimate of drug-likeness (QED) is 0.677. The van der Waals surface area contributed by atoms with Crippen LogP contribution >= 0.6 is 0 Å². The second-order valence-electron chi connectivity index (χ2n) is 6.05. The molecular formula is C18H24N2O5S. The van der Waals surface area contributed by atoms with Crippen molar-refractivity contribution in [1.29, 1.82) is 0 Å². The van der Waals surface area contributed by atoms with Crippen molar-refractivity contribution in [3.8, 4) is 0 Å². The lowest BCUT2D eigenvalue weighted by molar-refractivity contribution is -0.132. The zero-order chi connectivity index (χ0) is 19.3. The molecule has 26 heavy (non-hydrogen) atoms. The van der Waals surface area contributed by atoms with Gasteiger partial charge in [-0.3, -0.25) is 9.10 Å². The third-order valence-corrected chi connectivity index (χ3v) is 5.46. The average Bonchev–Trinajstić information content (AvgIpc) is 3.13. The number of esters is 1. The van der Waals surface area contributed by atoms with Gasteiger partial charge in [0.05, 0.1) is 17.5 Å². The number of benzene rings is 1. The summed E-state index contributed by atoms with van der Waals surface area (Å²) in [5, 5.41) is 0. The lowest BCUT2D eigenvalue weighted by Gasteiger charge is -2.22. The summed E-state index contributed by atoms with van der Waals surface area (Å²) in [5.41, 5.74) is 1.26. The number of ether oxygens (including phenoxy) is 1. The average molecular weight is 380 g/mol. The van der Waals surface area contributed by atoms with Gasteiger partial charge in [0.2, 0.25) is 10.0 Å².